The second-order valence-corrected chi connectivity index (χ2v) is 16.2. The van der Waals surface area contributed by atoms with Gasteiger partial charge in [0.1, 0.15) is 23.4 Å². The number of nitrogens with zero attached hydrogens (tertiary/aromatic N) is 4. The Hall–Kier alpha value is -5.42. The number of amides is 3. The SMILES string of the molecule is Cc1cccc(C2COc3cc(O)ccc3[C@H]2c2ccc(N3CCC(CN4CCN(c5cc6c(cc5F)C(=O)N([C@H]5CCC(=O)NC5=O)C6)CC4)CC3)cc2)c1. The molecule has 5 heterocycles. The number of nitrogens with one attached hydrogen (secondary N) is 1. The van der Waals surface area contributed by atoms with Crippen LogP contribution >= 0.6 is 0 Å². The molecule has 1 unspecified atom stereocenters. The number of rotatable bonds is 7. The Morgan fingerprint density at radius 3 is 2.38 bits per heavy atom. The molecular weight excluding hydrogens is 710 g/mol. The van der Waals surface area contributed by atoms with Crippen molar-refractivity contribution in [3.63, 3.8) is 0 Å². The van der Waals surface area contributed by atoms with E-state index in [0.29, 0.717) is 36.9 Å². The van der Waals surface area contributed by atoms with Gasteiger partial charge in [-0.1, -0.05) is 48.0 Å². The van der Waals surface area contributed by atoms with E-state index in [1.165, 1.54) is 33.3 Å². The van der Waals surface area contributed by atoms with Gasteiger partial charge in [-0.15, -0.1) is 0 Å². The van der Waals surface area contributed by atoms with Gasteiger partial charge in [-0.3, -0.25) is 24.6 Å². The first-order valence-electron chi connectivity index (χ1n) is 20.0. The standard InChI is InChI=1S/C45H48FN5O5/c1-28-3-2-4-31(21-28)37-27-56-41-23-34(52)9-10-35(41)43(37)30-5-7-33(8-6-30)49-15-13-29(14-16-49)25-48-17-19-50(20-18-48)40-22-32-26-51(45(55)36(32)24-38(40)46)39-11-12-42(53)47-44(39)54/h2-10,21-24,29,37,39,43,52H,11-20,25-27H2,1H3,(H,47,53,54)/t37?,39-,43+/m0/s1. The molecule has 3 amide bonds. The van der Waals surface area contributed by atoms with E-state index in [0.717, 1.165) is 62.4 Å². The van der Waals surface area contributed by atoms with E-state index in [2.05, 4.69) is 75.5 Å². The Morgan fingerprint density at radius 2 is 1.62 bits per heavy atom. The van der Waals surface area contributed by atoms with E-state index in [-0.39, 0.29) is 48.8 Å². The van der Waals surface area contributed by atoms with Gasteiger partial charge in [0.15, 0.2) is 0 Å². The van der Waals surface area contributed by atoms with Crippen LogP contribution in [0, 0.1) is 18.7 Å². The summed E-state index contributed by atoms with van der Waals surface area (Å²) >= 11 is 0. The number of carbonyl (C=O) groups is 3. The number of piperidine rings is 2. The van der Waals surface area contributed by atoms with Crippen LogP contribution in [0.25, 0.3) is 0 Å². The summed E-state index contributed by atoms with van der Waals surface area (Å²) in [5.74, 6) is 0.265. The average molecular weight is 758 g/mol. The minimum Gasteiger partial charge on any atom is -0.508 e. The van der Waals surface area contributed by atoms with E-state index in [1.54, 1.807) is 18.2 Å². The van der Waals surface area contributed by atoms with Crippen LogP contribution in [0.5, 0.6) is 11.5 Å². The lowest BCUT2D eigenvalue weighted by Crippen LogP contribution is -2.52. The average Bonchev–Trinajstić information content (AvgIpc) is 3.51. The Morgan fingerprint density at radius 1 is 0.839 bits per heavy atom. The number of aryl methyl sites for hydroxylation is 1. The molecule has 4 aromatic rings. The lowest BCUT2D eigenvalue weighted by molar-refractivity contribution is -0.136. The van der Waals surface area contributed by atoms with Crippen molar-refractivity contribution in [3.8, 4) is 11.5 Å². The molecule has 9 rings (SSSR count). The fourth-order valence-corrected chi connectivity index (χ4v) is 9.62. The number of benzene rings is 4. The molecule has 0 aromatic heterocycles. The zero-order chi connectivity index (χ0) is 38.5. The number of anilines is 2. The van der Waals surface area contributed by atoms with Crippen LogP contribution in [0.2, 0.25) is 0 Å². The fourth-order valence-electron chi connectivity index (χ4n) is 9.62. The summed E-state index contributed by atoms with van der Waals surface area (Å²) in [7, 11) is 0. The number of piperazine rings is 1. The number of phenolic OH excluding ortho intramolecular Hbond substituents is 1. The van der Waals surface area contributed by atoms with Gasteiger partial charge in [-0.05, 0) is 79.1 Å². The first-order valence-corrected chi connectivity index (χ1v) is 20.0. The highest BCUT2D eigenvalue weighted by molar-refractivity contribution is 6.05. The maximum atomic E-state index is 15.5. The highest BCUT2D eigenvalue weighted by Gasteiger charge is 2.40. The second-order valence-electron chi connectivity index (χ2n) is 16.2. The third-order valence-corrected chi connectivity index (χ3v) is 12.7. The molecule has 0 saturated carbocycles. The zero-order valence-electron chi connectivity index (χ0n) is 31.8. The molecule has 3 atom stereocenters. The number of hydrogen-bond donors (Lipinski definition) is 2. The Balaban J connectivity index is 0.794. The Kier molecular flexibility index (Phi) is 9.65. The van der Waals surface area contributed by atoms with Gasteiger partial charge in [0.25, 0.3) is 5.91 Å². The minimum absolute atomic E-state index is 0.111. The van der Waals surface area contributed by atoms with Crippen LogP contribution in [0.3, 0.4) is 0 Å². The topological polar surface area (TPSA) is 106 Å². The van der Waals surface area contributed by atoms with Gasteiger partial charge in [-0.25, -0.2) is 4.39 Å². The van der Waals surface area contributed by atoms with Crippen LogP contribution in [0.1, 0.15) is 75.7 Å². The van der Waals surface area contributed by atoms with Crippen molar-refractivity contribution in [1.82, 2.24) is 15.1 Å². The first-order chi connectivity index (χ1) is 27.2. The summed E-state index contributed by atoms with van der Waals surface area (Å²) in [4.78, 5) is 45.8. The van der Waals surface area contributed by atoms with E-state index in [1.807, 2.05) is 6.07 Å². The van der Waals surface area contributed by atoms with Gasteiger partial charge in [-0.2, -0.15) is 0 Å². The van der Waals surface area contributed by atoms with Crippen LogP contribution in [-0.4, -0.2) is 91.1 Å². The highest BCUT2D eigenvalue weighted by atomic mass is 19.1. The monoisotopic (exact) mass is 757 g/mol. The molecule has 3 saturated heterocycles. The van der Waals surface area contributed by atoms with Crippen LogP contribution in [0.4, 0.5) is 15.8 Å². The largest absolute Gasteiger partial charge is 0.508 e. The number of phenols is 1. The van der Waals surface area contributed by atoms with E-state index >= 15 is 4.39 Å². The number of hydrogen-bond acceptors (Lipinski definition) is 8. The van der Waals surface area contributed by atoms with E-state index in [9.17, 15) is 19.5 Å². The van der Waals surface area contributed by atoms with Gasteiger partial charge in [0.05, 0.1) is 12.3 Å². The molecule has 3 fully saturated rings. The summed E-state index contributed by atoms with van der Waals surface area (Å²) in [5.41, 5.74) is 7.60. The maximum absolute atomic E-state index is 15.5. The number of imide groups is 1. The smallest absolute Gasteiger partial charge is 0.255 e. The maximum Gasteiger partial charge on any atom is 0.255 e. The third-order valence-electron chi connectivity index (χ3n) is 12.7. The van der Waals surface area contributed by atoms with Gasteiger partial charge >= 0.3 is 0 Å². The molecule has 5 aliphatic heterocycles. The molecule has 56 heavy (non-hydrogen) atoms. The van der Waals surface area contributed by atoms with E-state index in [4.69, 9.17) is 4.74 Å². The van der Waals surface area contributed by atoms with Crippen LogP contribution in [-0.2, 0) is 16.1 Å². The predicted octanol–water partition coefficient (Wildman–Crippen LogP) is 5.95. The van der Waals surface area contributed by atoms with Gasteiger partial charge in [0, 0.05) is 93.5 Å². The first kappa shape index (κ1) is 36.2. The molecule has 290 valence electrons. The number of fused-ring (bicyclic) bond motifs is 2. The quantitative estimate of drug-likeness (QED) is 0.223. The van der Waals surface area contributed by atoms with Gasteiger partial charge < -0.3 is 24.5 Å². The Bertz CT molecular complexity index is 2160. The van der Waals surface area contributed by atoms with Crippen LogP contribution < -0.4 is 19.9 Å². The fraction of sp³-hybridized carbons (Fsp3) is 0.400. The van der Waals surface area contributed by atoms with Crippen LogP contribution in [0.15, 0.2) is 78.9 Å². The highest BCUT2D eigenvalue weighted by Crippen LogP contribution is 2.47. The summed E-state index contributed by atoms with van der Waals surface area (Å²) in [6, 6.07) is 25.6. The molecule has 11 heteroatoms. The number of halogens is 1. The molecule has 10 nitrogen and oxygen atoms in total. The molecule has 5 aliphatic rings. The lowest BCUT2D eigenvalue weighted by Gasteiger charge is -2.40. The normalized spacial score (nSPS) is 23.1. The second kappa shape index (κ2) is 14.9. The zero-order valence-corrected chi connectivity index (χ0v) is 31.8. The number of carbonyl (C=O) groups excluding carboxylic acids is 3. The Labute approximate surface area is 326 Å². The molecule has 4 aromatic carbocycles. The van der Waals surface area contributed by atoms with Crippen molar-refractivity contribution >= 4 is 29.1 Å². The molecule has 0 bridgehead atoms. The summed E-state index contributed by atoms with van der Waals surface area (Å²) in [5, 5.41) is 12.5. The predicted molar refractivity (Wildman–Crippen MR) is 212 cm³/mol. The summed E-state index contributed by atoms with van der Waals surface area (Å²) < 4.78 is 21.7. The summed E-state index contributed by atoms with van der Waals surface area (Å²) in [6.07, 6.45) is 2.70. The van der Waals surface area contributed by atoms with Crippen molar-refractivity contribution in [1.29, 1.82) is 0 Å². The number of ether oxygens (including phenoxy) is 1. The van der Waals surface area contributed by atoms with Crippen molar-refractivity contribution in [2.75, 3.05) is 62.2 Å². The van der Waals surface area contributed by atoms with Crippen molar-refractivity contribution in [2.45, 2.75) is 57.0 Å². The molecule has 0 spiro atoms. The van der Waals surface area contributed by atoms with Crippen molar-refractivity contribution in [3.05, 3.63) is 118 Å². The summed E-state index contributed by atoms with van der Waals surface area (Å²) in [6.45, 7) is 9.05. The number of aromatic hydroxyl groups is 1. The molecular formula is C45H48FN5O5. The minimum atomic E-state index is -0.716. The lowest BCUT2D eigenvalue weighted by atomic mass is 9.75. The van der Waals surface area contributed by atoms with Crippen molar-refractivity contribution < 1.29 is 28.6 Å². The van der Waals surface area contributed by atoms with Gasteiger partial charge in [0.2, 0.25) is 11.8 Å². The molecule has 0 radical (unpaired) electrons. The third kappa shape index (κ3) is 6.97. The molecule has 2 N–H and O–H groups in total. The van der Waals surface area contributed by atoms with E-state index < -0.39 is 17.8 Å². The molecule has 0 aliphatic carbocycles. The van der Waals surface area contributed by atoms with Crippen molar-refractivity contribution in [2.24, 2.45) is 5.92 Å².